The van der Waals surface area contributed by atoms with E-state index in [1.807, 2.05) is 12.1 Å². The van der Waals surface area contributed by atoms with Gasteiger partial charge in [0.1, 0.15) is 0 Å². The number of benzene rings is 1. The summed E-state index contributed by atoms with van der Waals surface area (Å²) >= 11 is 0. The lowest BCUT2D eigenvalue weighted by molar-refractivity contribution is -0.139. The predicted octanol–water partition coefficient (Wildman–Crippen LogP) is 2.83. The van der Waals surface area contributed by atoms with Crippen molar-refractivity contribution < 1.29 is 9.53 Å². The van der Waals surface area contributed by atoms with Crippen LogP contribution < -0.4 is 0 Å². The van der Waals surface area contributed by atoms with Crippen LogP contribution in [-0.4, -0.2) is 13.1 Å². The van der Waals surface area contributed by atoms with Gasteiger partial charge in [-0.3, -0.25) is 4.79 Å². The number of hydrogen-bond donors (Lipinski definition) is 0. The zero-order valence-electron chi connectivity index (χ0n) is 9.83. The zero-order valence-corrected chi connectivity index (χ0v) is 9.83. The Bertz CT molecular complexity index is 354. The van der Waals surface area contributed by atoms with Crippen molar-refractivity contribution in [3.63, 3.8) is 0 Å². The quantitative estimate of drug-likeness (QED) is 0.711. The van der Waals surface area contributed by atoms with Crippen LogP contribution in [0.2, 0.25) is 0 Å². The molecule has 1 aromatic rings. The molecule has 0 aromatic heterocycles. The van der Waals surface area contributed by atoms with Crippen LogP contribution >= 0.6 is 0 Å². The summed E-state index contributed by atoms with van der Waals surface area (Å²) in [6, 6.07) is 6.10. The highest BCUT2D eigenvalue weighted by Gasteiger charge is 2.10. The monoisotopic (exact) mass is 206 g/mol. The molecule has 82 valence electrons. The van der Waals surface area contributed by atoms with E-state index < -0.39 is 0 Å². The third-order valence-electron chi connectivity index (χ3n) is 2.67. The van der Waals surface area contributed by atoms with E-state index in [2.05, 4.69) is 31.6 Å². The lowest BCUT2D eigenvalue weighted by Gasteiger charge is -2.13. The molecule has 0 amide bonds. The van der Waals surface area contributed by atoms with Gasteiger partial charge in [-0.25, -0.2) is 0 Å². The van der Waals surface area contributed by atoms with Gasteiger partial charge in [0.05, 0.1) is 13.5 Å². The molecule has 0 heterocycles. The Balaban J connectivity index is 2.99. The summed E-state index contributed by atoms with van der Waals surface area (Å²) in [6.45, 7) is 6.38. The molecule has 0 saturated carbocycles. The van der Waals surface area contributed by atoms with E-state index in [1.165, 1.54) is 18.2 Å². The van der Waals surface area contributed by atoms with E-state index in [0.717, 1.165) is 5.56 Å². The van der Waals surface area contributed by atoms with Crippen molar-refractivity contribution in [3.05, 3.63) is 34.9 Å². The number of esters is 1. The average Bonchev–Trinajstić information content (AvgIpc) is 2.20. The molecule has 0 saturated heterocycles. The van der Waals surface area contributed by atoms with Gasteiger partial charge in [-0.2, -0.15) is 0 Å². The van der Waals surface area contributed by atoms with Crippen LogP contribution in [0.15, 0.2) is 18.2 Å². The summed E-state index contributed by atoms with van der Waals surface area (Å²) in [6.07, 6.45) is 0.364. The fraction of sp³-hybridized carbons (Fsp3) is 0.462. The summed E-state index contributed by atoms with van der Waals surface area (Å²) in [7, 11) is 1.42. The zero-order chi connectivity index (χ0) is 11.4. The van der Waals surface area contributed by atoms with E-state index in [1.54, 1.807) is 0 Å². The Morgan fingerprint density at radius 1 is 1.40 bits per heavy atom. The first-order valence-corrected chi connectivity index (χ1v) is 5.21. The van der Waals surface area contributed by atoms with Crippen LogP contribution in [0.25, 0.3) is 0 Å². The molecule has 0 unspecified atom stereocenters. The Morgan fingerprint density at radius 2 is 2.07 bits per heavy atom. The van der Waals surface area contributed by atoms with Gasteiger partial charge >= 0.3 is 5.97 Å². The second-order valence-corrected chi connectivity index (χ2v) is 4.04. The maximum Gasteiger partial charge on any atom is 0.309 e. The predicted molar refractivity (Wildman–Crippen MR) is 61.0 cm³/mol. The largest absolute Gasteiger partial charge is 0.469 e. The van der Waals surface area contributed by atoms with Gasteiger partial charge in [0.25, 0.3) is 0 Å². The fourth-order valence-electron chi connectivity index (χ4n) is 1.75. The summed E-state index contributed by atoms with van der Waals surface area (Å²) in [5.41, 5.74) is 3.57. The highest BCUT2D eigenvalue weighted by Crippen LogP contribution is 2.22. The standard InChI is InChI=1S/C13H18O2/c1-9(2)12-7-5-6-11(10(12)3)8-13(14)15-4/h5-7,9H,8H2,1-4H3. The van der Waals surface area contributed by atoms with E-state index >= 15 is 0 Å². The van der Waals surface area contributed by atoms with Gasteiger partial charge < -0.3 is 4.74 Å². The molecule has 0 aliphatic rings. The van der Waals surface area contributed by atoms with Crippen molar-refractivity contribution in [3.8, 4) is 0 Å². The SMILES string of the molecule is COC(=O)Cc1cccc(C(C)C)c1C. The van der Waals surface area contributed by atoms with Gasteiger partial charge in [-0.1, -0.05) is 32.0 Å². The molecular weight excluding hydrogens is 188 g/mol. The first-order chi connectivity index (χ1) is 7.06. The molecule has 1 rings (SSSR count). The van der Waals surface area contributed by atoms with Gasteiger partial charge in [0.15, 0.2) is 0 Å². The van der Waals surface area contributed by atoms with Crippen LogP contribution in [0.3, 0.4) is 0 Å². The van der Waals surface area contributed by atoms with Crippen molar-refractivity contribution in [2.45, 2.75) is 33.1 Å². The average molecular weight is 206 g/mol. The Kier molecular flexibility index (Phi) is 3.89. The molecule has 0 bridgehead atoms. The minimum Gasteiger partial charge on any atom is -0.469 e. The molecular formula is C13H18O2. The second kappa shape index (κ2) is 4.96. The number of methoxy groups -OCH3 is 1. The van der Waals surface area contributed by atoms with Crippen molar-refractivity contribution in [1.82, 2.24) is 0 Å². The van der Waals surface area contributed by atoms with Crippen LogP contribution in [0, 0.1) is 6.92 Å². The number of ether oxygens (including phenoxy) is 1. The molecule has 2 nitrogen and oxygen atoms in total. The maximum absolute atomic E-state index is 11.2. The van der Waals surface area contributed by atoms with Crippen molar-refractivity contribution >= 4 is 5.97 Å². The molecule has 0 radical (unpaired) electrons. The molecule has 0 N–H and O–H groups in total. The van der Waals surface area contributed by atoms with E-state index in [-0.39, 0.29) is 5.97 Å². The van der Waals surface area contributed by atoms with Gasteiger partial charge in [-0.05, 0) is 29.5 Å². The summed E-state index contributed by atoms with van der Waals surface area (Å²) in [4.78, 5) is 11.2. The van der Waals surface area contributed by atoms with Gasteiger partial charge in [-0.15, -0.1) is 0 Å². The first-order valence-electron chi connectivity index (χ1n) is 5.21. The second-order valence-electron chi connectivity index (χ2n) is 4.04. The van der Waals surface area contributed by atoms with E-state index in [4.69, 9.17) is 0 Å². The molecule has 1 aromatic carbocycles. The lowest BCUT2D eigenvalue weighted by Crippen LogP contribution is -2.07. The number of rotatable bonds is 3. The maximum atomic E-state index is 11.2. The van der Waals surface area contributed by atoms with Crippen molar-refractivity contribution in [2.75, 3.05) is 7.11 Å². The van der Waals surface area contributed by atoms with Crippen LogP contribution in [-0.2, 0) is 16.0 Å². The highest BCUT2D eigenvalue weighted by atomic mass is 16.5. The molecule has 15 heavy (non-hydrogen) atoms. The minimum absolute atomic E-state index is 0.181. The van der Waals surface area contributed by atoms with Crippen molar-refractivity contribution in [2.24, 2.45) is 0 Å². The Hall–Kier alpha value is -1.31. The molecule has 0 aliphatic heterocycles. The molecule has 0 atom stereocenters. The van der Waals surface area contributed by atoms with Gasteiger partial charge in [0, 0.05) is 0 Å². The summed E-state index contributed by atoms with van der Waals surface area (Å²) < 4.78 is 4.67. The molecule has 0 fully saturated rings. The van der Waals surface area contributed by atoms with Gasteiger partial charge in [0.2, 0.25) is 0 Å². The number of hydrogen-bond acceptors (Lipinski definition) is 2. The Labute approximate surface area is 91.3 Å². The smallest absolute Gasteiger partial charge is 0.309 e. The Morgan fingerprint density at radius 3 is 2.60 bits per heavy atom. The highest BCUT2D eigenvalue weighted by molar-refractivity contribution is 5.73. The fourth-order valence-corrected chi connectivity index (χ4v) is 1.75. The van der Waals surface area contributed by atoms with E-state index in [0.29, 0.717) is 12.3 Å². The molecule has 0 spiro atoms. The normalized spacial score (nSPS) is 10.5. The number of carbonyl (C=O) groups excluding carboxylic acids is 1. The third kappa shape index (κ3) is 2.82. The third-order valence-corrected chi connectivity index (χ3v) is 2.67. The van der Waals surface area contributed by atoms with Crippen LogP contribution in [0.5, 0.6) is 0 Å². The van der Waals surface area contributed by atoms with Crippen LogP contribution in [0.1, 0.15) is 36.5 Å². The van der Waals surface area contributed by atoms with Crippen molar-refractivity contribution in [1.29, 1.82) is 0 Å². The summed E-state index contributed by atoms with van der Waals surface area (Å²) in [5, 5.41) is 0. The topological polar surface area (TPSA) is 26.3 Å². The van der Waals surface area contributed by atoms with Crippen LogP contribution in [0.4, 0.5) is 0 Å². The van der Waals surface area contributed by atoms with E-state index in [9.17, 15) is 4.79 Å². The number of carbonyl (C=O) groups is 1. The lowest BCUT2D eigenvalue weighted by atomic mass is 9.93. The molecule has 2 heteroatoms. The molecule has 0 aliphatic carbocycles. The first kappa shape index (κ1) is 11.8. The summed E-state index contributed by atoms with van der Waals surface area (Å²) in [5.74, 6) is 0.307. The minimum atomic E-state index is -0.181.